The number of rotatable bonds is 6. The molecule has 0 unspecified atom stereocenters. The number of hydrogen-bond acceptors (Lipinski definition) is 5. The molecule has 22 heavy (non-hydrogen) atoms. The van der Waals surface area contributed by atoms with Crippen molar-refractivity contribution in [2.24, 2.45) is 0 Å². The third kappa shape index (κ3) is 4.37. The van der Waals surface area contributed by atoms with Gasteiger partial charge in [-0.15, -0.1) is 0 Å². The molecular formula is C16H19N3O3. The van der Waals surface area contributed by atoms with Crippen molar-refractivity contribution in [3.63, 3.8) is 0 Å². The van der Waals surface area contributed by atoms with Crippen LogP contribution in [0.25, 0.3) is 0 Å². The Bertz CT molecular complexity index is 627. The molecule has 0 saturated heterocycles. The Labute approximate surface area is 129 Å². The summed E-state index contributed by atoms with van der Waals surface area (Å²) in [5.74, 6) is 1.84. The summed E-state index contributed by atoms with van der Waals surface area (Å²) < 4.78 is 10.5. The Balaban J connectivity index is 1.87. The normalized spacial score (nSPS) is 9.95. The van der Waals surface area contributed by atoms with Crippen molar-refractivity contribution >= 4 is 17.4 Å². The number of anilines is 2. The Kier molecular flexibility index (Phi) is 5.19. The molecule has 0 bridgehead atoms. The average Bonchev–Trinajstić information content (AvgIpc) is 2.53. The number of carbonyl (C=O) groups is 1. The number of ether oxygens (including phenoxy) is 2. The Morgan fingerprint density at radius 2 is 2.00 bits per heavy atom. The lowest BCUT2D eigenvalue weighted by Gasteiger charge is -2.12. The molecule has 0 aliphatic rings. The third-order valence-electron chi connectivity index (χ3n) is 2.90. The molecule has 2 aromatic rings. The van der Waals surface area contributed by atoms with E-state index in [1.807, 2.05) is 31.1 Å². The fraction of sp³-hybridized carbons (Fsp3) is 0.250. The summed E-state index contributed by atoms with van der Waals surface area (Å²) in [5.41, 5.74) is 0.629. The molecule has 0 saturated carbocycles. The number of amides is 1. The molecule has 1 N–H and O–H groups in total. The van der Waals surface area contributed by atoms with Crippen LogP contribution in [0, 0.1) is 0 Å². The van der Waals surface area contributed by atoms with E-state index in [2.05, 4.69) is 10.3 Å². The first-order valence-corrected chi connectivity index (χ1v) is 6.78. The van der Waals surface area contributed by atoms with Crippen LogP contribution in [0.15, 0.2) is 42.6 Å². The summed E-state index contributed by atoms with van der Waals surface area (Å²) in [6.07, 6.45) is 1.61. The zero-order chi connectivity index (χ0) is 15.9. The lowest BCUT2D eigenvalue weighted by molar-refractivity contribution is -0.118. The van der Waals surface area contributed by atoms with Crippen LogP contribution >= 0.6 is 0 Å². The first kappa shape index (κ1) is 15.6. The standard InChI is InChI=1S/C16H19N3O3/c1-19(2)15-8-7-12(10-17-15)18-16(20)11-22-14-6-4-5-13(9-14)21-3/h4-10H,11H2,1-3H3,(H,18,20). The maximum absolute atomic E-state index is 11.9. The number of pyridine rings is 1. The van der Waals surface area contributed by atoms with E-state index in [0.29, 0.717) is 17.2 Å². The maximum atomic E-state index is 11.9. The van der Waals surface area contributed by atoms with Crippen molar-refractivity contribution in [2.45, 2.75) is 0 Å². The van der Waals surface area contributed by atoms with Gasteiger partial charge >= 0.3 is 0 Å². The molecule has 1 heterocycles. The molecule has 2 rings (SSSR count). The van der Waals surface area contributed by atoms with Crippen molar-refractivity contribution in [3.8, 4) is 11.5 Å². The average molecular weight is 301 g/mol. The zero-order valence-corrected chi connectivity index (χ0v) is 12.9. The highest BCUT2D eigenvalue weighted by Gasteiger charge is 2.05. The van der Waals surface area contributed by atoms with Crippen LogP contribution in [0.1, 0.15) is 0 Å². The van der Waals surface area contributed by atoms with Crippen molar-refractivity contribution in [1.29, 1.82) is 0 Å². The molecule has 0 radical (unpaired) electrons. The largest absolute Gasteiger partial charge is 0.497 e. The Morgan fingerprint density at radius 3 is 2.64 bits per heavy atom. The van der Waals surface area contributed by atoms with Gasteiger partial charge in [0.05, 0.1) is 19.0 Å². The molecular weight excluding hydrogens is 282 g/mol. The van der Waals surface area contributed by atoms with E-state index in [-0.39, 0.29) is 12.5 Å². The second-order valence-electron chi connectivity index (χ2n) is 4.82. The summed E-state index contributed by atoms with van der Waals surface area (Å²) in [4.78, 5) is 18.0. The predicted molar refractivity (Wildman–Crippen MR) is 85.7 cm³/mol. The van der Waals surface area contributed by atoms with Crippen molar-refractivity contribution in [2.75, 3.05) is 38.0 Å². The minimum absolute atomic E-state index is 0.0808. The lowest BCUT2D eigenvalue weighted by atomic mass is 10.3. The van der Waals surface area contributed by atoms with Gasteiger partial charge in [0.15, 0.2) is 6.61 Å². The van der Waals surface area contributed by atoms with Gasteiger partial charge in [-0.3, -0.25) is 4.79 Å². The second kappa shape index (κ2) is 7.31. The van der Waals surface area contributed by atoms with Crippen LogP contribution in [0.4, 0.5) is 11.5 Å². The van der Waals surface area contributed by atoms with Crippen molar-refractivity contribution < 1.29 is 14.3 Å². The molecule has 1 aromatic carbocycles. The number of benzene rings is 1. The fourth-order valence-corrected chi connectivity index (χ4v) is 1.76. The third-order valence-corrected chi connectivity index (χ3v) is 2.90. The van der Waals surface area contributed by atoms with Gasteiger partial charge in [0, 0.05) is 20.2 Å². The topological polar surface area (TPSA) is 63.7 Å². The van der Waals surface area contributed by atoms with E-state index in [0.717, 1.165) is 5.82 Å². The number of nitrogens with one attached hydrogen (secondary N) is 1. The minimum atomic E-state index is -0.248. The molecule has 116 valence electrons. The number of hydrogen-bond donors (Lipinski definition) is 1. The molecule has 0 atom stereocenters. The van der Waals surface area contributed by atoms with Crippen LogP contribution in [-0.2, 0) is 4.79 Å². The van der Waals surface area contributed by atoms with E-state index in [9.17, 15) is 4.79 Å². The number of aromatic nitrogens is 1. The molecule has 1 amide bonds. The quantitative estimate of drug-likeness (QED) is 0.886. The van der Waals surface area contributed by atoms with E-state index >= 15 is 0 Å². The molecule has 6 heteroatoms. The van der Waals surface area contributed by atoms with E-state index in [4.69, 9.17) is 9.47 Å². The van der Waals surface area contributed by atoms with Gasteiger partial charge < -0.3 is 19.7 Å². The number of carbonyl (C=O) groups excluding carboxylic acids is 1. The highest BCUT2D eigenvalue weighted by Crippen LogP contribution is 2.18. The zero-order valence-electron chi connectivity index (χ0n) is 12.9. The Hall–Kier alpha value is -2.76. The molecule has 0 aliphatic heterocycles. The van der Waals surface area contributed by atoms with Crippen LogP contribution in [0.5, 0.6) is 11.5 Å². The highest BCUT2D eigenvalue weighted by atomic mass is 16.5. The smallest absolute Gasteiger partial charge is 0.262 e. The summed E-state index contributed by atoms with van der Waals surface area (Å²) in [6, 6.07) is 10.7. The molecule has 6 nitrogen and oxygen atoms in total. The minimum Gasteiger partial charge on any atom is -0.497 e. The number of nitrogens with zero attached hydrogens (tertiary/aromatic N) is 2. The SMILES string of the molecule is COc1cccc(OCC(=O)Nc2ccc(N(C)C)nc2)c1. The van der Waals surface area contributed by atoms with Gasteiger partial charge in [-0.2, -0.15) is 0 Å². The van der Waals surface area contributed by atoms with Crippen LogP contribution in [0.3, 0.4) is 0 Å². The maximum Gasteiger partial charge on any atom is 0.262 e. The highest BCUT2D eigenvalue weighted by molar-refractivity contribution is 5.91. The summed E-state index contributed by atoms with van der Waals surface area (Å²) >= 11 is 0. The first-order chi connectivity index (χ1) is 10.6. The molecule has 1 aromatic heterocycles. The van der Waals surface area contributed by atoms with E-state index in [1.54, 1.807) is 37.6 Å². The van der Waals surface area contributed by atoms with Gasteiger partial charge in [0.25, 0.3) is 5.91 Å². The monoisotopic (exact) mass is 301 g/mol. The van der Waals surface area contributed by atoms with Crippen LogP contribution in [-0.4, -0.2) is 38.7 Å². The first-order valence-electron chi connectivity index (χ1n) is 6.78. The molecule has 0 fully saturated rings. The fourth-order valence-electron chi connectivity index (χ4n) is 1.76. The Morgan fingerprint density at radius 1 is 1.23 bits per heavy atom. The van der Waals surface area contributed by atoms with E-state index in [1.165, 1.54) is 0 Å². The molecule has 0 aliphatic carbocycles. The summed E-state index contributed by atoms with van der Waals surface area (Å²) in [6.45, 7) is -0.0808. The van der Waals surface area contributed by atoms with Gasteiger partial charge in [-0.05, 0) is 24.3 Å². The van der Waals surface area contributed by atoms with Gasteiger partial charge in [0.2, 0.25) is 0 Å². The van der Waals surface area contributed by atoms with Crippen LogP contribution in [0.2, 0.25) is 0 Å². The summed E-state index contributed by atoms with van der Waals surface area (Å²) in [5, 5.41) is 2.73. The van der Waals surface area contributed by atoms with Crippen molar-refractivity contribution in [1.82, 2.24) is 4.98 Å². The summed E-state index contributed by atoms with van der Waals surface area (Å²) in [7, 11) is 5.39. The predicted octanol–water partition coefficient (Wildman–Crippen LogP) is 2.17. The van der Waals surface area contributed by atoms with Gasteiger partial charge in [0.1, 0.15) is 17.3 Å². The van der Waals surface area contributed by atoms with Gasteiger partial charge in [-0.1, -0.05) is 6.07 Å². The molecule has 0 spiro atoms. The van der Waals surface area contributed by atoms with E-state index < -0.39 is 0 Å². The van der Waals surface area contributed by atoms with Gasteiger partial charge in [-0.25, -0.2) is 4.98 Å². The lowest BCUT2D eigenvalue weighted by Crippen LogP contribution is -2.20. The second-order valence-corrected chi connectivity index (χ2v) is 4.82. The van der Waals surface area contributed by atoms with Crippen molar-refractivity contribution in [3.05, 3.63) is 42.6 Å². The number of methoxy groups -OCH3 is 1. The van der Waals surface area contributed by atoms with Crippen LogP contribution < -0.4 is 19.7 Å².